The first-order chi connectivity index (χ1) is 12.1. The molecule has 1 aromatic carbocycles. The molecular weight excluding hydrogens is 316 g/mol. The maximum Gasteiger partial charge on any atom is 0.267 e. The van der Waals surface area contributed by atoms with Crippen molar-refractivity contribution in [3.05, 3.63) is 35.7 Å². The van der Waals surface area contributed by atoms with Crippen molar-refractivity contribution in [1.82, 2.24) is 19.9 Å². The quantitative estimate of drug-likeness (QED) is 0.417. The average molecular weight is 344 g/mol. The van der Waals surface area contributed by atoms with Crippen LogP contribution in [0.3, 0.4) is 0 Å². The number of likely N-dealkylation sites (N-methyl/N-ethyl adjacent to an activating group) is 1. The van der Waals surface area contributed by atoms with E-state index in [2.05, 4.69) is 36.4 Å². The monoisotopic (exact) mass is 344 g/mol. The van der Waals surface area contributed by atoms with Crippen molar-refractivity contribution in [3.63, 3.8) is 0 Å². The number of hydrogen-bond donors (Lipinski definition) is 2. The zero-order valence-electron chi connectivity index (χ0n) is 15.3. The van der Waals surface area contributed by atoms with Crippen LogP contribution in [0.4, 0.5) is 0 Å². The molecule has 0 aliphatic carbocycles. The van der Waals surface area contributed by atoms with Crippen LogP contribution in [0.25, 0.3) is 17.1 Å². The van der Waals surface area contributed by atoms with E-state index in [1.54, 1.807) is 11.6 Å². The smallest absolute Gasteiger partial charge is 0.267 e. The summed E-state index contributed by atoms with van der Waals surface area (Å²) in [6, 6.07) is 6.00. The van der Waals surface area contributed by atoms with E-state index in [4.69, 9.17) is 10.2 Å². The molecule has 2 rings (SSSR count). The number of hydroxylamine groups is 1. The van der Waals surface area contributed by atoms with Crippen LogP contribution < -0.4 is 5.48 Å². The van der Waals surface area contributed by atoms with E-state index in [1.807, 2.05) is 12.1 Å². The summed E-state index contributed by atoms with van der Waals surface area (Å²) in [7, 11) is 2.12. The Labute approximate surface area is 149 Å². The second kappa shape index (κ2) is 9.34. The van der Waals surface area contributed by atoms with Gasteiger partial charge in [0.25, 0.3) is 5.91 Å². The number of aryl methyl sites for hydroxylation is 1. The van der Waals surface area contributed by atoms with Gasteiger partial charge in [0.1, 0.15) is 5.82 Å². The van der Waals surface area contributed by atoms with E-state index in [1.165, 1.54) is 6.08 Å². The maximum absolute atomic E-state index is 11.1. The number of fused-ring (bicyclic) bond motifs is 1. The molecule has 2 aromatic rings. The van der Waals surface area contributed by atoms with Crippen molar-refractivity contribution in [1.29, 1.82) is 0 Å². The Morgan fingerprint density at radius 3 is 2.88 bits per heavy atom. The molecule has 0 aliphatic heterocycles. The van der Waals surface area contributed by atoms with E-state index in [0.29, 0.717) is 0 Å². The average Bonchev–Trinajstić information content (AvgIpc) is 2.98. The molecule has 0 bridgehead atoms. The predicted octanol–water partition coefficient (Wildman–Crippen LogP) is 2.85. The number of unbranched alkanes of at least 4 members (excludes halogenated alkanes) is 1. The highest BCUT2D eigenvalue weighted by atomic mass is 16.5. The van der Waals surface area contributed by atoms with Crippen molar-refractivity contribution in [2.24, 2.45) is 0 Å². The van der Waals surface area contributed by atoms with Gasteiger partial charge < -0.3 is 9.47 Å². The fraction of sp³-hybridized carbons (Fsp3) is 0.474. The number of nitrogens with one attached hydrogen (secondary N) is 1. The first-order valence-corrected chi connectivity index (χ1v) is 8.88. The minimum atomic E-state index is -0.545. The van der Waals surface area contributed by atoms with Gasteiger partial charge in [-0.1, -0.05) is 26.3 Å². The van der Waals surface area contributed by atoms with Gasteiger partial charge in [-0.15, -0.1) is 0 Å². The molecule has 0 saturated heterocycles. The van der Waals surface area contributed by atoms with Gasteiger partial charge in [-0.25, -0.2) is 10.5 Å². The number of hydrogen-bond acceptors (Lipinski definition) is 4. The minimum Gasteiger partial charge on any atom is -0.327 e. The summed E-state index contributed by atoms with van der Waals surface area (Å²) in [5.74, 6) is 0.576. The Bertz CT molecular complexity index is 736. The molecule has 25 heavy (non-hydrogen) atoms. The lowest BCUT2D eigenvalue weighted by molar-refractivity contribution is -0.124. The molecule has 6 nitrogen and oxygen atoms in total. The SMILES string of the molecule is CCCCc1nc2cc(/C=C/C(=O)NO)ccc2n1CCN(C)CC. The van der Waals surface area contributed by atoms with Crippen LogP contribution in [-0.2, 0) is 17.8 Å². The van der Waals surface area contributed by atoms with Gasteiger partial charge in [0.05, 0.1) is 11.0 Å². The van der Waals surface area contributed by atoms with Crippen LogP contribution >= 0.6 is 0 Å². The van der Waals surface area contributed by atoms with Crippen molar-refractivity contribution in [3.8, 4) is 0 Å². The maximum atomic E-state index is 11.1. The van der Waals surface area contributed by atoms with E-state index in [9.17, 15) is 4.79 Å². The van der Waals surface area contributed by atoms with Crippen LogP contribution in [0.15, 0.2) is 24.3 Å². The molecule has 1 heterocycles. The number of amides is 1. The molecule has 0 atom stereocenters. The van der Waals surface area contributed by atoms with Crippen LogP contribution in [0.1, 0.15) is 38.1 Å². The summed E-state index contributed by atoms with van der Waals surface area (Å²) in [6.07, 6.45) is 6.20. The number of benzene rings is 1. The summed E-state index contributed by atoms with van der Waals surface area (Å²) >= 11 is 0. The summed E-state index contributed by atoms with van der Waals surface area (Å²) in [6.45, 7) is 7.28. The fourth-order valence-electron chi connectivity index (χ4n) is 2.71. The second-order valence-corrected chi connectivity index (χ2v) is 6.24. The van der Waals surface area contributed by atoms with Gasteiger partial charge in [0.15, 0.2) is 0 Å². The Balaban J connectivity index is 2.32. The number of carbonyl (C=O) groups is 1. The number of imidazole rings is 1. The second-order valence-electron chi connectivity index (χ2n) is 6.24. The summed E-state index contributed by atoms with van der Waals surface area (Å²) in [5.41, 5.74) is 4.54. The molecule has 1 amide bonds. The van der Waals surface area contributed by atoms with Gasteiger partial charge in [-0.2, -0.15) is 0 Å². The van der Waals surface area contributed by atoms with Gasteiger partial charge >= 0.3 is 0 Å². The molecular formula is C19H28N4O2. The normalized spacial score (nSPS) is 11.7. The van der Waals surface area contributed by atoms with Gasteiger partial charge in [0.2, 0.25) is 0 Å². The van der Waals surface area contributed by atoms with E-state index in [-0.39, 0.29) is 0 Å². The van der Waals surface area contributed by atoms with Crippen molar-refractivity contribution >= 4 is 23.0 Å². The molecule has 0 saturated carbocycles. The Hall–Kier alpha value is -2.18. The summed E-state index contributed by atoms with van der Waals surface area (Å²) in [5, 5.41) is 8.56. The van der Waals surface area contributed by atoms with Crippen molar-refractivity contribution < 1.29 is 10.0 Å². The molecule has 0 radical (unpaired) electrons. The van der Waals surface area contributed by atoms with Gasteiger partial charge in [-0.05, 0) is 43.8 Å². The lowest BCUT2D eigenvalue weighted by atomic mass is 10.2. The number of carbonyl (C=O) groups excluding carboxylic acids is 1. The number of rotatable bonds is 9. The van der Waals surface area contributed by atoms with Gasteiger partial charge in [-0.3, -0.25) is 10.0 Å². The highest BCUT2D eigenvalue weighted by Gasteiger charge is 2.11. The number of aromatic nitrogens is 2. The molecule has 0 aliphatic rings. The topological polar surface area (TPSA) is 70.4 Å². The number of nitrogens with zero attached hydrogens (tertiary/aromatic N) is 3. The van der Waals surface area contributed by atoms with Crippen molar-refractivity contribution in [2.75, 3.05) is 20.1 Å². The Morgan fingerprint density at radius 1 is 1.40 bits per heavy atom. The fourth-order valence-corrected chi connectivity index (χ4v) is 2.71. The minimum absolute atomic E-state index is 0.545. The molecule has 0 spiro atoms. The standard InChI is InChI=1S/C19H28N4O2/c1-4-6-7-18-20-16-14-15(9-11-19(24)21-25)8-10-17(16)23(18)13-12-22(3)5-2/h8-11,14,25H,4-7,12-13H2,1-3H3,(H,21,24)/b11-9+. The van der Waals surface area contributed by atoms with Crippen LogP contribution in [-0.4, -0.2) is 45.7 Å². The molecule has 136 valence electrons. The molecule has 1 aromatic heterocycles. The largest absolute Gasteiger partial charge is 0.327 e. The van der Waals surface area contributed by atoms with Crippen LogP contribution in [0.5, 0.6) is 0 Å². The van der Waals surface area contributed by atoms with Crippen molar-refractivity contribution in [2.45, 2.75) is 39.7 Å². The summed E-state index contributed by atoms with van der Waals surface area (Å²) < 4.78 is 2.31. The lowest BCUT2D eigenvalue weighted by Crippen LogP contribution is -2.23. The third kappa shape index (κ3) is 5.14. The van der Waals surface area contributed by atoms with Crippen LogP contribution in [0, 0.1) is 0 Å². The first kappa shape index (κ1) is 19.1. The lowest BCUT2D eigenvalue weighted by Gasteiger charge is -2.16. The first-order valence-electron chi connectivity index (χ1n) is 8.88. The molecule has 0 fully saturated rings. The molecule has 0 unspecified atom stereocenters. The van der Waals surface area contributed by atoms with Gasteiger partial charge in [0, 0.05) is 25.6 Å². The Kier molecular flexibility index (Phi) is 7.16. The highest BCUT2D eigenvalue weighted by molar-refractivity contribution is 5.91. The zero-order valence-corrected chi connectivity index (χ0v) is 15.3. The highest BCUT2D eigenvalue weighted by Crippen LogP contribution is 2.20. The third-order valence-electron chi connectivity index (χ3n) is 4.39. The van der Waals surface area contributed by atoms with Crippen LogP contribution in [0.2, 0.25) is 0 Å². The van der Waals surface area contributed by atoms with E-state index >= 15 is 0 Å². The Morgan fingerprint density at radius 2 is 2.20 bits per heavy atom. The predicted molar refractivity (Wildman–Crippen MR) is 100 cm³/mol. The molecule has 2 N–H and O–H groups in total. The van der Waals surface area contributed by atoms with E-state index < -0.39 is 5.91 Å². The molecule has 6 heteroatoms. The third-order valence-corrected chi connectivity index (χ3v) is 4.39. The summed E-state index contributed by atoms with van der Waals surface area (Å²) in [4.78, 5) is 18.2. The zero-order chi connectivity index (χ0) is 18.2. The van der Waals surface area contributed by atoms with E-state index in [0.717, 1.165) is 61.3 Å².